The highest BCUT2D eigenvalue weighted by atomic mass is 16.5. The summed E-state index contributed by atoms with van der Waals surface area (Å²) in [4.78, 5) is 9.86. The second kappa shape index (κ2) is 7.57. The van der Waals surface area contributed by atoms with Gasteiger partial charge in [-0.1, -0.05) is 6.92 Å². The second-order valence-corrected chi connectivity index (χ2v) is 6.82. The van der Waals surface area contributed by atoms with Gasteiger partial charge < -0.3 is 9.30 Å². The van der Waals surface area contributed by atoms with E-state index in [1.165, 1.54) is 44.7 Å². The minimum absolute atomic E-state index is 0.698. The van der Waals surface area contributed by atoms with Crippen LogP contribution >= 0.6 is 0 Å². The van der Waals surface area contributed by atoms with Gasteiger partial charge in [-0.25, -0.2) is 4.98 Å². The van der Waals surface area contributed by atoms with E-state index in [4.69, 9.17) is 4.74 Å². The Morgan fingerprint density at radius 1 is 1.23 bits per heavy atom. The summed E-state index contributed by atoms with van der Waals surface area (Å²) in [6, 6.07) is 0.698. The van der Waals surface area contributed by atoms with Gasteiger partial charge in [-0.15, -0.1) is 0 Å². The summed E-state index contributed by atoms with van der Waals surface area (Å²) in [7, 11) is 1.80. The highest BCUT2D eigenvalue weighted by molar-refractivity contribution is 4.96. The molecule has 0 radical (unpaired) electrons. The summed E-state index contributed by atoms with van der Waals surface area (Å²) in [5, 5.41) is 0. The SMILES string of the molecule is CCCn1ccnc1CN1C[C@@H]2CC[C@H](C1)N(CCOC)C2. The summed E-state index contributed by atoms with van der Waals surface area (Å²) in [5.41, 5.74) is 0. The number of piperidine rings is 1. The molecule has 0 unspecified atom stereocenters. The van der Waals surface area contributed by atoms with Gasteiger partial charge in [0.1, 0.15) is 5.82 Å². The van der Waals surface area contributed by atoms with E-state index in [1.807, 2.05) is 6.20 Å². The molecule has 2 atom stereocenters. The Labute approximate surface area is 134 Å². The van der Waals surface area contributed by atoms with Crippen LogP contribution in [0.25, 0.3) is 0 Å². The van der Waals surface area contributed by atoms with Crippen molar-refractivity contribution >= 4 is 0 Å². The number of hydrogen-bond acceptors (Lipinski definition) is 4. The fourth-order valence-electron chi connectivity index (χ4n) is 4.02. The third-order valence-electron chi connectivity index (χ3n) is 5.12. The third-order valence-corrected chi connectivity index (χ3v) is 5.12. The van der Waals surface area contributed by atoms with Gasteiger partial charge >= 0.3 is 0 Å². The first-order valence-electron chi connectivity index (χ1n) is 8.75. The molecule has 1 aromatic rings. The maximum atomic E-state index is 5.28. The van der Waals surface area contributed by atoms with Crippen molar-refractivity contribution in [2.75, 3.05) is 39.9 Å². The van der Waals surface area contributed by atoms with Crippen molar-refractivity contribution in [2.24, 2.45) is 5.92 Å². The number of fused-ring (bicyclic) bond motifs is 4. The Morgan fingerprint density at radius 2 is 2.14 bits per heavy atom. The van der Waals surface area contributed by atoms with E-state index in [-0.39, 0.29) is 0 Å². The van der Waals surface area contributed by atoms with Crippen LogP contribution in [0.4, 0.5) is 0 Å². The average Bonchev–Trinajstić information content (AvgIpc) is 2.77. The maximum Gasteiger partial charge on any atom is 0.122 e. The van der Waals surface area contributed by atoms with Crippen LogP contribution in [0.2, 0.25) is 0 Å². The summed E-state index contributed by atoms with van der Waals surface area (Å²) in [5.74, 6) is 2.04. The van der Waals surface area contributed by atoms with Gasteiger partial charge in [-0.3, -0.25) is 9.80 Å². The molecule has 5 nitrogen and oxygen atoms in total. The van der Waals surface area contributed by atoms with Crippen LogP contribution < -0.4 is 0 Å². The van der Waals surface area contributed by atoms with Gasteiger partial charge in [-0.2, -0.15) is 0 Å². The van der Waals surface area contributed by atoms with Crippen LogP contribution in [0, 0.1) is 5.92 Å². The zero-order valence-electron chi connectivity index (χ0n) is 14.1. The van der Waals surface area contributed by atoms with Crippen LogP contribution in [-0.2, 0) is 17.8 Å². The zero-order valence-corrected chi connectivity index (χ0v) is 14.1. The third kappa shape index (κ3) is 3.70. The predicted octanol–water partition coefficient (Wildman–Crippen LogP) is 1.84. The summed E-state index contributed by atoms with van der Waals surface area (Å²) in [6.45, 7) is 9.88. The van der Waals surface area contributed by atoms with Crippen molar-refractivity contribution < 1.29 is 4.74 Å². The van der Waals surface area contributed by atoms with E-state index in [1.54, 1.807) is 7.11 Å². The molecular weight excluding hydrogens is 276 g/mol. The Hall–Kier alpha value is -0.910. The molecule has 22 heavy (non-hydrogen) atoms. The number of ether oxygens (including phenoxy) is 1. The smallest absolute Gasteiger partial charge is 0.122 e. The lowest BCUT2D eigenvalue weighted by molar-refractivity contribution is 0.0866. The van der Waals surface area contributed by atoms with Gasteiger partial charge in [0.05, 0.1) is 13.2 Å². The number of imidazole rings is 1. The van der Waals surface area contributed by atoms with E-state index in [0.29, 0.717) is 6.04 Å². The number of methoxy groups -OCH3 is 1. The van der Waals surface area contributed by atoms with E-state index in [2.05, 4.69) is 32.5 Å². The Kier molecular flexibility index (Phi) is 5.50. The van der Waals surface area contributed by atoms with Crippen molar-refractivity contribution in [3.8, 4) is 0 Å². The van der Waals surface area contributed by atoms with E-state index in [9.17, 15) is 0 Å². The van der Waals surface area contributed by atoms with Gasteiger partial charge in [-0.05, 0) is 25.2 Å². The summed E-state index contributed by atoms with van der Waals surface area (Å²) >= 11 is 0. The Morgan fingerprint density at radius 3 is 2.95 bits per heavy atom. The first-order valence-corrected chi connectivity index (χ1v) is 8.75. The minimum Gasteiger partial charge on any atom is -0.383 e. The summed E-state index contributed by atoms with van der Waals surface area (Å²) in [6.07, 6.45) is 7.96. The first-order chi connectivity index (χ1) is 10.8. The molecule has 4 rings (SSSR count). The van der Waals surface area contributed by atoms with E-state index >= 15 is 0 Å². The van der Waals surface area contributed by atoms with Crippen molar-refractivity contribution in [1.82, 2.24) is 19.4 Å². The molecule has 3 saturated heterocycles. The van der Waals surface area contributed by atoms with Crippen molar-refractivity contribution in [1.29, 1.82) is 0 Å². The van der Waals surface area contributed by atoms with Crippen LogP contribution in [-0.4, -0.2) is 65.3 Å². The molecule has 3 fully saturated rings. The number of aromatic nitrogens is 2. The number of aryl methyl sites for hydroxylation is 1. The number of hydrogen-bond donors (Lipinski definition) is 0. The van der Waals surface area contributed by atoms with Crippen molar-refractivity contribution in [3.63, 3.8) is 0 Å². The molecule has 5 heteroatoms. The number of rotatable bonds is 7. The van der Waals surface area contributed by atoms with Crippen molar-refractivity contribution in [3.05, 3.63) is 18.2 Å². The molecule has 4 heterocycles. The fourth-order valence-corrected chi connectivity index (χ4v) is 4.02. The predicted molar refractivity (Wildman–Crippen MR) is 87.8 cm³/mol. The Balaban J connectivity index is 1.62. The minimum atomic E-state index is 0.698. The molecule has 3 aliphatic heterocycles. The maximum absolute atomic E-state index is 5.28. The van der Waals surface area contributed by atoms with Crippen LogP contribution in [0.3, 0.4) is 0 Å². The molecule has 0 spiro atoms. The lowest BCUT2D eigenvalue weighted by Gasteiger charge is -2.35. The Bertz CT molecular complexity index is 461. The quantitative estimate of drug-likeness (QED) is 0.770. The van der Waals surface area contributed by atoms with Gasteiger partial charge in [0.2, 0.25) is 0 Å². The lowest BCUT2D eigenvalue weighted by Crippen LogP contribution is -2.45. The normalized spacial score (nSPS) is 26.5. The fraction of sp³-hybridized carbons (Fsp3) is 0.824. The zero-order chi connectivity index (χ0) is 15.4. The molecule has 2 bridgehead atoms. The van der Waals surface area contributed by atoms with Crippen LogP contribution in [0.5, 0.6) is 0 Å². The second-order valence-electron chi connectivity index (χ2n) is 6.82. The molecule has 124 valence electrons. The monoisotopic (exact) mass is 306 g/mol. The first kappa shape index (κ1) is 16.0. The molecule has 0 aromatic carbocycles. The van der Waals surface area contributed by atoms with Gasteiger partial charge in [0.25, 0.3) is 0 Å². The number of nitrogens with zero attached hydrogens (tertiary/aromatic N) is 4. The molecule has 0 aliphatic carbocycles. The molecule has 3 aliphatic rings. The van der Waals surface area contributed by atoms with Crippen LogP contribution in [0.15, 0.2) is 12.4 Å². The van der Waals surface area contributed by atoms with E-state index < -0.39 is 0 Å². The largest absolute Gasteiger partial charge is 0.383 e. The lowest BCUT2D eigenvalue weighted by atomic mass is 9.95. The molecule has 0 saturated carbocycles. The topological polar surface area (TPSA) is 33.5 Å². The highest BCUT2D eigenvalue weighted by Crippen LogP contribution is 2.28. The summed E-state index contributed by atoms with van der Waals surface area (Å²) < 4.78 is 7.59. The average molecular weight is 306 g/mol. The molecule has 1 aromatic heterocycles. The molecule has 0 N–H and O–H groups in total. The van der Waals surface area contributed by atoms with Gasteiger partial charge in [0, 0.05) is 58.3 Å². The molecular formula is C17H30N4O. The van der Waals surface area contributed by atoms with Gasteiger partial charge in [0.15, 0.2) is 0 Å². The van der Waals surface area contributed by atoms with Crippen molar-refractivity contribution in [2.45, 2.75) is 45.3 Å². The molecule has 0 amide bonds. The standard InChI is InChI=1S/C17H30N4O/c1-3-7-20-8-6-18-17(20)14-19-11-15-4-5-16(13-19)21(12-15)9-10-22-2/h6,8,15-16H,3-5,7,9-14H2,1-2H3/t15-,16+/m0/s1. The van der Waals surface area contributed by atoms with Crippen LogP contribution in [0.1, 0.15) is 32.0 Å². The highest BCUT2D eigenvalue weighted by Gasteiger charge is 2.34. The van der Waals surface area contributed by atoms with E-state index in [0.717, 1.165) is 32.2 Å².